The number of carbonyl (C=O) groups is 4. The topological polar surface area (TPSA) is 124 Å². The fourth-order valence-corrected chi connectivity index (χ4v) is 4.92. The summed E-state index contributed by atoms with van der Waals surface area (Å²) < 4.78 is 33.6. The number of hydrogen-bond acceptors (Lipinski definition) is 11. The van der Waals surface area contributed by atoms with Gasteiger partial charge in [-0.2, -0.15) is 0 Å². The molecule has 0 aliphatic carbocycles. The first-order valence-corrected chi connectivity index (χ1v) is 13.1. The first-order valence-electron chi connectivity index (χ1n) is 12.0. The molecule has 0 unspecified atom stereocenters. The van der Waals surface area contributed by atoms with E-state index in [2.05, 4.69) is 13.8 Å². The number of benzene rings is 1. The smallest absolute Gasteiger partial charge is 0.303 e. The van der Waals surface area contributed by atoms with Gasteiger partial charge in [-0.05, 0) is 30.0 Å². The zero-order valence-corrected chi connectivity index (χ0v) is 23.1. The van der Waals surface area contributed by atoms with Crippen LogP contribution in [0.3, 0.4) is 0 Å². The first-order chi connectivity index (χ1) is 17.4. The summed E-state index contributed by atoms with van der Waals surface area (Å²) in [4.78, 5) is 47.1. The van der Waals surface area contributed by atoms with Gasteiger partial charge < -0.3 is 28.4 Å². The van der Waals surface area contributed by atoms with Gasteiger partial charge in [0.15, 0.2) is 18.3 Å². The Hall–Kier alpha value is -2.79. The van der Waals surface area contributed by atoms with E-state index < -0.39 is 53.7 Å². The lowest BCUT2D eigenvalue weighted by molar-refractivity contribution is -0.237. The molecule has 10 nitrogen and oxygen atoms in total. The highest BCUT2D eigenvalue weighted by Gasteiger charge is 2.52. The third kappa shape index (κ3) is 9.55. The molecular weight excluding hydrogens is 504 g/mol. The molecule has 37 heavy (non-hydrogen) atoms. The standard InChI is InChI=1S/C26H36O10S/c1-14(2)20-9-8-15(3)12-21(20)31-10-11-37-26-25(35-19(7)30)24(34-18(6)29)23(33-17(5)28)22(36-26)13-32-16(4)27/h8-9,12,14,22-26H,10-11,13H2,1-7H3/t22-,23-,24+,25+,26+/m0/s1. The van der Waals surface area contributed by atoms with Crippen LogP contribution in [0.5, 0.6) is 5.75 Å². The Bertz CT molecular complexity index is 963. The maximum atomic E-state index is 11.9. The zero-order chi connectivity index (χ0) is 27.7. The molecule has 0 bridgehead atoms. The highest BCUT2D eigenvalue weighted by Crippen LogP contribution is 2.35. The minimum absolute atomic E-state index is 0.258. The van der Waals surface area contributed by atoms with Gasteiger partial charge in [0.05, 0.1) is 6.61 Å². The number of esters is 4. The molecule has 0 saturated carbocycles. The number of rotatable bonds is 11. The van der Waals surface area contributed by atoms with Crippen molar-refractivity contribution in [2.75, 3.05) is 19.0 Å². The van der Waals surface area contributed by atoms with E-state index in [4.69, 9.17) is 28.4 Å². The lowest BCUT2D eigenvalue weighted by Gasteiger charge is -2.44. The van der Waals surface area contributed by atoms with E-state index in [1.54, 1.807) is 0 Å². The number of ether oxygens (including phenoxy) is 6. The minimum atomic E-state index is -1.18. The normalized spacial score (nSPS) is 23.2. The SMILES string of the molecule is CC(=O)OC[C@@H]1O[C@H](SCCOc2cc(C)ccc2C(C)C)[C@H](OC(C)=O)[C@H](OC(C)=O)[C@H]1OC(C)=O. The van der Waals surface area contributed by atoms with Crippen LogP contribution in [0.25, 0.3) is 0 Å². The van der Waals surface area contributed by atoms with Crippen LogP contribution in [-0.4, -0.2) is 72.7 Å². The fourth-order valence-electron chi connectivity index (χ4n) is 3.88. The second-order valence-electron chi connectivity index (χ2n) is 8.98. The number of thioether (sulfide) groups is 1. The molecule has 0 amide bonds. The van der Waals surface area contributed by atoms with Crippen LogP contribution in [0.2, 0.25) is 0 Å². The second kappa shape index (κ2) is 14.2. The van der Waals surface area contributed by atoms with Crippen LogP contribution >= 0.6 is 11.8 Å². The van der Waals surface area contributed by atoms with Crippen LogP contribution in [0.4, 0.5) is 0 Å². The van der Waals surface area contributed by atoms with Crippen molar-refractivity contribution in [3.8, 4) is 5.75 Å². The summed E-state index contributed by atoms with van der Waals surface area (Å²) in [7, 11) is 0. The Kier molecular flexibility index (Phi) is 11.7. The quantitative estimate of drug-likeness (QED) is 0.233. The molecule has 1 aliphatic heterocycles. The minimum Gasteiger partial charge on any atom is -0.492 e. The van der Waals surface area contributed by atoms with E-state index in [0.29, 0.717) is 12.4 Å². The van der Waals surface area contributed by atoms with Crippen LogP contribution in [-0.2, 0) is 42.9 Å². The number of aryl methyl sites for hydroxylation is 1. The highest BCUT2D eigenvalue weighted by atomic mass is 32.2. The maximum Gasteiger partial charge on any atom is 0.303 e. The van der Waals surface area contributed by atoms with Gasteiger partial charge in [-0.3, -0.25) is 19.2 Å². The Balaban J connectivity index is 2.24. The Morgan fingerprint density at radius 3 is 2.05 bits per heavy atom. The molecule has 206 valence electrons. The lowest BCUT2D eigenvalue weighted by atomic mass is 9.99. The van der Waals surface area contributed by atoms with Gasteiger partial charge in [-0.1, -0.05) is 26.0 Å². The molecule has 1 heterocycles. The molecule has 2 rings (SSSR count). The third-order valence-corrected chi connectivity index (χ3v) is 6.47. The van der Waals surface area contributed by atoms with Gasteiger partial charge >= 0.3 is 23.9 Å². The van der Waals surface area contributed by atoms with E-state index in [1.807, 2.05) is 25.1 Å². The zero-order valence-electron chi connectivity index (χ0n) is 22.3. The molecule has 0 aromatic heterocycles. The van der Waals surface area contributed by atoms with Crippen LogP contribution in [0.15, 0.2) is 18.2 Å². The molecule has 1 fully saturated rings. The lowest BCUT2D eigenvalue weighted by Crippen LogP contribution is -2.61. The van der Waals surface area contributed by atoms with E-state index >= 15 is 0 Å². The van der Waals surface area contributed by atoms with Crippen molar-refractivity contribution in [3.63, 3.8) is 0 Å². The predicted octanol–water partition coefficient (Wildman–Crippen LogP) is 3.31. The molecule has 0 N–H and O–H groups in total. The van der Waals surface area contributed by atoms with Crippen molar-refractivity contribution >= 4 is 35.6 Å². The van der Waals surface area contributed by atoms with Gasteiger partial charge in [-0.15, -0.1) is 11.8 Å². The molecule has 1 aromatic carbocycles. The molecule has 1 aromatic rings. The van der Waals surface area contributed by atoms with Gasteiger partial charge in [0.1, 0.15) is 23.9 Å². The van der Waals surface area contributed by atoms with Crippen LogP contribution in [0.1, 0.15) is 58.6 Å². The van der Waals surface area contributed by atoms with Crippen LogP contribution in [0, 0.1) is 6.92 Å². The number of carbonyl (C=O) groups excluding carboxylic acids is 4. The van der Waals surface area contributed by atoms with Crippen molar-refractivity contribution in [3.05, 3.63) is 29.3 Å². The summed E-state index contributed by atoms with van der Waals surface area (Å²) in [6.07, 6.45) is -4.40. The molecule has 0 radical (unpaired) electrons. The van der Waals surface area contributed by atoms with Crippen molar-refractivity contribution in [1.29, 1.82) is 0 Å². The summed E-state index contributed by atoms with van der Waals surface area (Å²) in [5.41, 5.74) is 1.33. The van der Waals surface area contributed by atoms with Gasteiger partial charge in [-0.25, -0.2) is 0 Å². The van der Waals surface area contributed by atoms with Gasteiger partial charge in [0, 0.05) is 33.4 Å². The monoisotopic (exact) mass is 540 g/mol. The van der Waals surface area contributed by atoms with Crippen molar-refractivity contribution in [2.24, 2.45) is 0 Å². The van der Waals surface area contributed by atoms with E-state index in [9.17, 15) is 19.2 Å². The van der Waals surface area contributed by atoms with E-state index in [1.165, 1.54) is 39.5 Å². The van der Waals surface area contributed by atoms with Crippen molar-refractivity contribution < 1.29 is 47.6 Å². The van der Waals surface area contributed by atoms with Gasteiger partial charge in [0.25, 0.3) is 0 Å². The fraction of sp³-hybridized carbons (Fsp3) is 0.615. The molecule has 1 saturated heterocycles. The summed E-state index contributed by atoms with van der Waals surface area (Å²) >= 11 is 1.28. The second-order valence-corrected chi connectivity index (χ2v) is 10.2. The Morgan fingerprint density at radius 1 is 0.892 bits per heavy atom. The molecule has 0 spiro atoms. The summed E-state index contributed by atoms with van der Waals surface area (Å²) in [6, 6.07) is 6.06. The van der Waals surface area contributed by atoms with E-state index in [-0.39, 0.29) is 12.5 Å². The molecule has 11 heteroatoms. The maximum absolute atomic E-state index is 11.9. The predicted molar refractivity (Wildman–Crippen MR) is 135 cm³/mol. The van der Waals surface area contributed by atoms with Crippen molar-refractivity contribution in [1.82, 2.24) is 0 Å². The highest BCUT2D eigenvalue weighted by molar-refractivity contribution is 7.99. The van der Waals surface area contributed by atoms with Crippen molar-refractivity contribution in [2.45, 2.75) is 84.2 Å². The third-order valence-electron chi connectivity index (χ3n) is 5.36. The first kappa shape index (κ1) is 30.4. The van der Waals surface area contributed by atoms with E-state index in [0.717, 1.165) is 16.9 Å². The van der Waals surface area contributed by atoms with Crippen LogP contribution < -0.4 is 4.74 Å². The molecule has 5 atom stereocenters. The summed E-state index contributed by atoms with van der Waals surface area (Å²) in [5.74, 6) is -1.03. The number of hydrogen-bond donors (Lipinski definition) is 0. The Morgan fingerprint density at radius 2 is 1.49 bits per heavy atom. The largest absolute Gasteiger partial charge is 0.492 e. The summed E-state index contributed by atoms with van der Waals surface area (Å²) in [6.45, 7) is 11.0. The van der Waals surface area contributed by atoms with Gasteiger partial charge in [0.2, 0.25) is 0 Å². The Labute approximate surface area is 221 Å². The average Bonchev–Trinajstić information content (AvgIpc) is 2.77. The molecular formula is C26H36O10S. The molecule has 1 aliphatic rings. The summed E-state index contributed by atoms with van der Waals surface area (Å²) in [5, 5.41) is 0. The average molecular weight is 541 g/mol.